The van der Waals surface area contributed by atoms with Crippen molar-refractivity contribution < 1.29 is 37.1 Å². The summed E-state index contributed by atoms with van der Waals surface area (Å²) in [6.45, 7) is 41.1. The van der Waals surface area contributed by atoms with Crippen LogP contribution in [0, 0.1) is 19.3 Å². The Hall–Kier alpha value is -5.31. The highest BCUT2D eigenvalue weighted by molar-refractivity contribution is 7.89. The van der Waals surface area contributed by atoms with E-state index >= 15 is 0 Å². The van der Waals surface area contributed by atoms with Gasteiger partial charge in [0.2, 0.25) is 5.91 Å². The molecule has 13 nitrogen and oxygen atoms in total. The minimum atomic E-state index is -2.67. The summed E-state index contributed by atoms with van der Waals surface area (Å²) in [7, 11) is 13.7. The topological polar surface area (TPSA) is 172 Å². The Morgan fingerprint density at radius 2 is 0.853 bits per heavy atom. The number of sulfone groups is 1. The Bertz CT molecular complexity index is 1720. The molecular weight excluding hydrogens is 963 g/mol. The van der Waals surface area contributed by atoms with Gasteiger partial charge < -0.3 is 34.8 Å². The minimum absolute atomic E-state index is 0. The Morgan fingerprint density at radius 1 is 0.640 bits per heavy atom. The predicted octanol–water partition coefficient (Wildman–Crippen LogP) is 14.5. The fourth-order valence-electron chi connectivity index (χ4n) is 2.08. The first-order chi connectivity index (χ1) is 33.3. The van der Waals surface area contributed by atoms with Crippen molar-refractivity contribution in [1.29, 1.82) is 0 Å². The third kappa shape index (κ3) is 215. The lowest BCUT2D eigenvalue weighted by Crippen LogP contribution is -2.17. The number of methoxy groups -OCH3 is 1. The number of hydrogen-bond acceptors (Lipinski definition) is 12. The average Bonchev–Trinajstić information content (AvgIpc) is 3.26. The molecule has 0 aromatic heterocycles. The quantitative estimate of drug-likeness (QED) is 0.110. The SMILES string of the molecule is C.C.C=C.CC(=O)N(C)C.CC(=O)c1ccccc1.CC(C)(C)C.CC(C)=O.CCC.CCC(C)=O.CCNc1ccc(C)cc1.CN(C)C.CN=C(C)C.CNC.COC(C)=O.CS(C)(=O)=O.Cc1ccccc1. The molecule has 444 valence electrons. The molecule has 0 aliphatic heterocycles. The number of carbonyl (C=O) groups excluding carboxylic acids is 5. The minimum Gasteiger partial charge on any atom is -0.469 e. The van der Waals surface area contributed by atoms with Crippen LogP contribution in [0.2, 0.25) is 0 Å². The summed E-state index contributed by atoms with van der Waals surface area (Å²) in [5.74, 6) is 0.389. The number of ether oxygens (including phenoxy) is 1. The second-order valence-corrected chi connectivity index (χ2v) is 20.2. The fraction of sp³-hybridized carbons (Fsp3) is 0.574. The number of amides is 1. The summed E-state index contributed by atoms with van der Waals surface area (Å²) in [4.78, 5) is 56.9. The summed E-state index contributed by atoms with van der Waals surface area (Å²) in [6.07, 6.45) is 4.24. The fourth-order valence-corrected chi connectivity index (χ4v) is 2.08. The molecule has 0 atom stereocenters. The Kier molecular flexibility index (Phi) is 106. The second kappa shape index (κ2) is 77.6. The van der Waals surface area contributed by atoms with Gasteiger partial charge in [-0.1, -0.05) is 154 Å². The summed E-state index contributed by atoms with van der Waals surface area (Å²) in [5, 5.41) is 5.98. The molecule has 0 saturated carbocycles. The van der Waals surface area contributed by atoms with Gasteiger partial charge in [-0.3, -0.25) is 19.4 Å². The van der Waals surface area contributed by atoms with E-state index in [0.29, 0.717) is 11.8 Å². The van der Waals surface area contributed by atoms with Gasteiger partial charge in [0.1, 0.15) is 21.4 Å². The van der Waals surface area contributed by atoms with Crippen molar-refractivity contribution in [3.8, 4) is 0 Å². The van der Waals surface area contributed by atoms with Crippen LogP contribution in [0.15, 0.2) is 103 Å². The number of anilines is 1. The molecule has 1 amide bonds. The molecule has 0 spiro atoms. The summed E-state index contributed by atoms with van der Waals surface area (Å²) in [6, 6.07) is 27.9. The van der Waals surface area contributed by atoms with Crippen LogP contribution in [0.25, 0.3) is 0 Å². The average molecular weight is 1080 g/mol. The predicted molar refractivity (Wildman–Crippen MR) is 338 cm³/mol. The molecule has 14 heteroatoms. The zero-order valence-corrected chi connectivity index (χ0v) is 53.0. The smallest absolute Gasteiger partial charge is 0.302 e. The maximum atomic E-state index is 10.6. The van der Waals surface area contributed by atoms with Gasteiger partial charge in [-0.05, 0) is 115 Å². The van der Waals surface area contributed by atoms with Gasteiger partial charge in [-0.25, -0.2) is 8.42 Å². The van der Waals surface area contributed by atoms with Crippen molar-refractivity contribution in [2.75, 3.05) is 87.9 Å². The number of nitrogens with zero attached hydrogens (tertiary/aromatic N) is 3. The van der Waals surface area contributed by atoms with E-state index in [-0.39, 0.29) is 44.1 Å². The molecular formula is C61H121N5O8S. The maximum Gasteiger partial charge on any atom is 0.302 e. The van der Waals surface area contributed by atoms with Crippen LogP contribution in [-0.2, 0) is 33.8 Å². The molecule has 0 bridgehead atoms. The number of ketones is 3. The summed E-state index contributed by atoms with van der Waals surface area (Å²) in [5.41, 5.74) is 6.24. The molecule has 3 rings (SSSR count). The lowest BCUT2D eigenvalue weighted by atomic mass is 10.0. The molecule has 0 saturated heterocycles. The monoisotopic (exact) mass is 1080 g/mol. The van der Waals surface area contributed by atoms with E-state index in [1.165, 1.54) is 62.9 Å². The number of hydrogen-bond donors (Lipinski definition) is 2. The highest BCUT2D eigenvalue weighted by Crippen LogP contribution is 2.08. The highest BCUT2D eigenvalue weighted by atomic mass is 32.2. The van der Waals surface area contributed by atoms with Crippen LogP contribution in [0.5, 0.6) is 0 Å². The molecule has 0 unspecified atom stereocenters. The van der Waals surface area contributed by atoms with Crippen LogP contribution >= 0.6 is 0 Å². The van der Waals surface area contributed by atoms with Crippen molar-refractivity contribution in [3.05, 3.63) is 115 Å². The van der Waals surface area contributed by atoms with Crippen molar-refractivity contribution in [1.82, 2.24) is 15.1 Å². The molecule has 0 radical (unpaired) electrons. The van der Waals surface area contributed by atoms with Gasteiger partial charge in [-0.2, -0.15) is 0 Å². The molecule has 2 N–H and O–H groups in total. The van der Waals surface area contributed by atoms with Crippen molar-refractivity contribution in [2.45, 2.75) is 152 Å². The maximum absolute atomic E-state index is 10.6. The van der Waals surface area contributed by atoms with E-state index in [1.54, 1.807) is 35.0 Å². The molecule has 3 aromatic rings. The zero-order chi connectivity index (χ0) is 60.8. The molecule has 0 heterocycles. The first kappa shape index (κ1) is 102. The number of benzene rings is 3. The number of rotatable bonds is 4. The van der Waals surface area contributed by atoms with Gasteiger partial charge in [0.25, 0.3) is 0 Å². The number of carbonyl (C=O) groups is 5. The van der Waals surface area contributed by atoms with E-state index < -0.39 is 9.84 Å². The van der Waals surface area contributed by atoms with Gasteiger partial charge in [-0.15, -0.1) is 13.2 Å². The van der Waals surface area contributed by atoms with Crippen LogP contribution in [0.3, 0.4) is 0 Å². The van der Waals surface area contributed by atoms with Crippen LogP contribution in [-0.4, -0.2) is 136 Å². The van der Waals surface area contributed by atoms with Crippen LogP contribution in [0.4, 0.5) is 5.69 Å². The number of aryl methyl sites for hydroxylation is 2. The third-order valence-electron chi connectivity index (χ3n) is 5.42. The van der Waals surface area contributed by atoms with Gasteiger partial charge in [0.15, 0.2) is 5.78 Å². The lowest BCUT2D eigenvalue weighted by molar-refractivity contribution is -0.138. The Labute approximate surface area is 466 Å². The standard InChI is InChI=1S/C9H13N.C8H8O.C7H8.C5H12.C4H9NO.C4H9N.C4H8O.C3H9N.C3H6O2.C3H6O.C3H8.C2H7N.C2H6O2S.C2H4.2CH4/c1-3-10-9-6-4-8(2)5-7-9;1-7(9)8-5-3-2-4-6-8;1-7-5-3-2-4-6-7;1-5(2,3)4;1-4(6)5(2)3;1-4(2)5-3;1-3-4(2)5;1-4(2)3;1-3(4)5-2;1-3(2)4;2*1-3-2;1-5(2,3)4;1-2;;/h4-7,10H,3H2,1-2H3;2-6H,1H3;2-6H,1H3;1-4H3;1-3H3;1-3H3;3H2,1-2H3;1-3H3;1-2H3;1-2H3;3H2,1-2H3;3H,1-2H3;1-2H3;1-2H2;2*1H4. The molecule has 0 aliphatic carbocycles. The van der Waals surface area contributed by atoms with Crippen molar-refractivity contribution in [3.63, 3.8) is 0 Å². The normalized spacial score (nSPS) is 8.13. The molecule has 75 heavy (non-hydrogen) atoms. The number of Topliss-reactive ketones (excluding diaryl/α,β-unsaturated/α-hetero) is 3. The van der Waals surface area contributed by atoms with Gasteiger partial charge >= 0.3 is 5.97 Å². The Balaban J connectivity index is -0.0000000510. The van der Waals surface area contributed by atoms with E-state index in [0.717, 1.165) is 30.3 Å². The second-order valence-electron chi connectivity index (χ2n) is 17.9. The van der Waals surface area contributed by atoms with Crippen molar-refractivity contribution in [2.24, 2.45) is 10.4 Å². The van der Waals surface area contributed by atoms with E-state index in [4.69, 9.17) is 0 Å². The first-order valence-corrected chi connectivity index (χ1v) is 26.4. The summed E-state index contributed by atoms with van der Waals surface area (Å²) < 4.78 is 23.4. The first-order valence-electron chi connectivity index (χ1n) is 24.1. The number of aliphatic imine (C=N–C) groups is 1. The van der Waals surface area contributed by atoms with Crippen LogP contribution < -0.4 is 10.6 Å². The molecule has 0 fully saturated rings. The zero-order valence-electron chi connectivity index (χ0n) is 52.1. The van der Waals surface area contributed by atoms with Gasteiger partial charge in [0, 0.05) is 77.4 Å². The van der Waals surface area contributed by atoms with Crippen molar-refractivity contribution >= 4 is 50.5 Å². The Morgan fingerprint density at radius 3 is 0.973 bits per heavy atom. The number of nitrogens with one attached hydrogen (secondary N) is 2. The third-order valence-corrected chi connectivity index (χ3v) is 5.42. The van der Waals surface area contributed by atoms with E-state index in [9.17, 15) is 32.4 Å². The largest absolute Gasteiger partial charge is 0.469 e. The molecule has 3 aromatic carbocycles. The lowest BCUT2D eigenvalue weighted by Gasteiger charge is -2.05. The van der Waals surface area contributed by atoms with Gasteiger partial charge in [0.05, 0.1) is 7.11 Å². The van der Waals surface area contributed by atoms with E-state index in [2.05, 4.69) is 132 Å². The van der Waals surface area contributed by atoms with Crippen LogP contribution in [0.1, 0.15) is 160 Å². The summed E-state index contributed by atoms with van der Waals surface area (Å²) >= 11 is 0. The number of esters is 1. The van der Waals surface area contributed by atoms with E-state index in [1.807, 2.05) is 109 Å². The highest BCUT2D eigenvalue weighted by Gasteiger charge is 1.95. The molecule has 0 aliphatic rings.